The molecular weight excluding hydrogens is 1350 g/mol. The molecule has 0 fully saturated rings. The summed E-state index contributed by atoms with van der Waals surface area (Å²) >= 11 is 0. The van der Waals surface area contributed by atoms with E-state index in [1.807, 2.05) is 12.2 Å². The molecule has 0 amide bonds. The molecule has 19 heteroatoms. The SMILES string of the molecule is CC/C=C\C/C=C\C/C=C\C/C=C\C/C=C\CCCC(=O)OCC(COP(=O)(O)OCC(O)COP(=O)(O)OCC(COC(=O)CCCCCCCC/C=C\C/C=C\C/C=C\CCCCC)OC(=O)CCCCCCC/C=C\C/C=C\C/C=C\CC)OC(=O)CCCCCCCCCCCCCCC. The Morgan fingerprint density at radius 1 is 0.279 bits per heavy atom. The minimum atomic E-state index is -4.99. The molecular formula is C85H144O17P2. The Bertz CT molecular complexity index is 2490. The van der Waals surface area contributed by atoms with E-state index < -0.39 is 97.5 Å². The van der Waals surface area contributed by atoms with Crippen LogP contribution in [0.3, 0.4) is 0 Å². The quantitative estimate of drug-likeness (QED) is 0.0169. The van der Waals surface area contributed by atoms with Crippen LogP contribution in [0.25, 0.3) is 0 Å². The third kappa shape index (κ3) is 75.4. The highest BCUT2D eigenvalue weighted by Gasteiger charge is 2.30. The van der Waals surface area contributed by atoms with Crippen molar-refractivity contribution in [1.82, 2.24) is 0 Å². The lowest BCUT2D eigenvalue weighted by atomic mass is 10.0. The van der Waals surface area contributed by atoms with Gasteiger partial charge in [0.05, 0.1) is 26.4 Å². The third-order valence-corrected chi connectivity index (χ3v) is 18.5. The third-order valence-electron chi connectivity index (χ3n) is 16.6. The molecule has 0 radical (unpaired) electrons. The number of aliphatic hydroxyl groups is 1. The van der Waals surface area contributed by atoms with Crippen LogP contribution in [0.2, 0.25) is 0 Å². The molecule has 0 aromatic carbocycles. The van der Waals surface area contributed by atoms with Gasteiger partial charge in [0.15, 0.2) is 12.2 Å². The first-order chi connectivity index (χ1) is 50.7. The number of carbonyl (C=O) groups excluding carboxylic acids is 4. The number of aliphatic hydroxyl groups excluding tert-OH is 1. The van der Waals surface area contributed by atoms with Gasteiger partial charge < -0.3 is 33.8 Å². The lowest BCUT2D eigenvalue weighted by Gasteiger charge is -2.21. The minimum absolute atomic E-state index is 0.0687. The van der Waals surface area contributed by atoms with Crippen LogP contribution in [-0.2, 0) is 65.4 Å². The maximum absolute atomic E-state index is 13.1. The van der Waals surface area contributed by atoms with Gasteiger partial charge in [-0.05, 0) is 135 Å². The number of phosphoric ester groups is 2. The number of unbranched alkanes of at least 4 members (excludes halogenated alkanes) is 27. The Morgan fingerprint density at radius 3 is 0.827 bits per heavy atom. The highest BCUT2D eigenvalue weighted by molar-refractivity contribution is 7.47. The van der Waals surface area contributed by atoms with Gasteiger partial charge in [0.2, 0.25) is 0 Å². The molecule has 0 heterocycles. The molecule has 5 atom stereocenters. The number of esters is 4. The van der Waals surface area contributed by atoms with E-state index in [2.05, 4.69) is 149 Å². The molecule has 0 aliphatic heterocycles. The van der Waals surface area contributed by atoms with Crippen LogP contribution in [0.15, 0.2) is 134 Å². The van der Waals surface area contributed by atoms with Crippen molar-refractivity contribution in [2.24, 2.45) is 0 Å². The Balaban J connectivity index is 5.41. The van der Waals surface area contributed by atoms with Gasteiger partial charge in [0.25, 0.3) is 0 Å². The molecule has 0 bridgehead atoms. The Kier molecular flexibility index (Phi) is 72.9. The fraction of sp³-hybridized carbons (Fsp3) is 0.694. The number of hydrogen-bond donors (Lipinski definition) is 3. The molecule has 104 heavy (non-hydrogen) atoms. The average Bonchev–Trinajstić information content (AvgIpc) is 0.918. The minimum Gasteiger partial charge on any atom is -0.462 e. The van der Waals surface area contributed by atoms with Crippen molar-refractivity contribution >= 4 is 39.5 Å². The normalized spacial score (nSPS) is 14.6. The van der Waals surface area contributed by atoms with E-state index in [-0.39, 0.29) is 25.7 Å². The number of carbonyl (C=O) groups is 4. The smallest absolute Gasteiger partial charge is 0.462 e. The Morgan fingerprint density at radius 2 is 0.510 bits per heavy atom. The summed E-state index contributed by atoms with van der Waals surface area (Å²) in [5.74, 6) is -2.27. The first-order valence-corrected chi connectivity index (χ1v) is 43.4. The number of hydrogen-bond acceptors (Lipinski definition) is 15. The van der Waals surface area contributed by atoms with Crippen molar-refractivity contribution in [3.8, 4) is 0 Å². The van der Waals surface area contributed by atoms with Crippen LogP contribution in [-0.4, -0.2) is 96.7 Å². The van der Waals surface area contributed by atoms with Crippen LogP contribution < -0.4 is 0 Å². The van der Waals surface area contributed by atoms with Crippen LogP contribution in [0.4, 0.5) is 0 Å². The summed E-state index contributed by atoms with van der Waals surface area (Å²) < 4.78 is 68.6. The van der Waals surface area contributed by atoms with Gasteiger partial charge in [-0.2, -0.15) is 0 Å². The van der Waals surface area contributed by atoms with E-state index in [1.165, 1.54) is 70.6 Å². The molecule has 5 unspecified atom stereocenters. The number of rotatable bonds is 75. The van der Waals surface area contributed by atoms with Crippen LogP contribution in [0.1, 0.15) is 323 Å². The molecule has 3 N–H and O–H groups in total. The molecule has 0 saturated heterocycles. The molecule has 0 rings (SSSR count). The van der Waals surface area contributed by atoms with Crippen LogP contribution in [0.5, 0.6) is 0 Å². The molecule has 0 aromatic heterocycles. The molecule has 0 aliphatic carbocycles. The molecule has 17 nitrogen and oxygen atoms in total. The van der Waals surface area contributed by atoms with Crippen molar-refractivity contribution in [3.05, 3.63) is 134 Å². The Hall–Kier alpha value is -4.80. The van der Waals surface area contributed by atoms with E-state index in [9.17, 15) is 43.2 Å². The first-order valence-electron chi connectivity index (χ1n) is 40.4. The lowest BCUT2D eigenvalue weighted by molar-refractivity contribution is -0.161. The summed E-state index contributed by atoms with van der Waals surface area (Å²) in [4.78, 5) is 73.0. The zero-order chi connectivity index (χ0) is 76.0. The predicted molar refractivity (Wildman–Crippen MR) is 427 cm³/mol. The van der Waals surface area contributed by atoms with E-state index in [1.54, 1.807) is 0 Å². The summed E-state index contributed by atoms with van der Waals surface area (Å²) in [5, 5.41) is 10.6. The standard InChI is InChI=1S/C85H144O17P2/c1-5-9-13-17-21-25-29-33-36-38-39-41-44-47-50-54-58-62-66-70-83(88)96-76-81(102-85(90)72-68-64-60-56-52-48-42-35-31-27-23-19-15-11-7-3)78-100-104(93,94)98-74-79(86)73-97-103(91,92)99-77-80(101-84(89)71-67-63-59-55-51-45-32-28-24-20-16-12-8-4)75-95-82(87)69-65-61-57-53-49-46-43-40-37-34-30-26-22-18-14-10-6-2/h10-11,14-15,21-23,25-27,33-37,39,41-43,46,53,57,79-81,86H,5-9,12-13,16-20,24,28-32,38,40,44-45,47-52,54-56,58-78H2,1-4H3,(H,91,92)(H,93,94)/b14-10-,15-11-,25-21-,26-22-,27-23-,36-33-,37-34-,41-39-,42-35-,46-43-,57-53-. The van der Waals surface area contributed by atoms with Gasteiger partial charge >= 0.3 is 39.5 Å². The van der Waals surface area contributed by atoms with E-state index in [0.29, 0.717) is 32.1 Å². The summed E-state index contributed by atoms with van der Waals surface area (Å²) in [7, 11) is -9.98. The highest BCUT2D eigenvalue weighted by Crippen LogP contribution is 2.45. The lowest BCUT2D eigenvalue weighted by Crippen LogP contribution is -2.30. The molecule has 0 saturated carbocycles. The maximum atomic E-state index is 13.1. The largest absolute Gasteiger partial charge is 0.472 e. The van der Waals surface area contributed by atoms with Crippen molar-refractivity contribution in [2.45, 2.75) is 341 Å². The van der Waals surface area contributed by atoms with Crippen molar-refractivity contribution < 1.29 is 80.2 Å². The maximum Gasteiger partial charge on any atom is 0.472 e. The summed E-state index contributed by atoms with van der Waals surface area (Å²) in [5.41, 5.74) is 0. The van der Waals surface area contributed by atoms with Gasteiger partial charge in [-0.3, -0.25) is 37.3 Å². The van der Waals surface area contributed by atoms with Gasteiger partial charge in [-0.1, -0.05) is 296 Å². The predicted octanol–water partition coefficient (Wildman–Crippen LogP) is 23.7. The topological polar surface area (TPSA) is 237 Å². The zero-order valence-corrected chi connectivity index (χ0v) is 66.9. The molecule has 0 spiro atoms. The number of allylic oxidation sites excluding steroid dienone is 22. The second-order valence-corrected chi connectivity index (χ2v) is 29.5. The fourth-order valence-electron chi connectivity index (χ4n) is 10.5. The Labute approximate surface area is 631 Å². The van der Waals surface area contributed by atoms with Crippen molar-refractivity contribution in [2.75, 3.05) is 39.6 Å². The molecule has 0 aromatic rings. The highest BCUT2D eigenvalue weighted by atomic mass is 31.2. The summed E-state index contributed by atoms with van der Waals surface area (Å²) in [6.07, 6.45) is 85.7. The van der Waals surface area contributed by atoms with Crippen LogP contribution in [0, 0.1) is 0 Å². The monoisotopic (exact) mass is 1500 g/mol. The number of phosphoric acid groups is 2. The summed E-state index contributed by atoms with van der Waals surface area (Å²) in [6.45, 7) is 4.54. The van der Waals surface area contributed by atoms with Crippen molar-refractivity contribution in [3.63, 3.8) is 0 Å². The summed E-state index contributed by atoms with van der Waals surface area (Å²) in [6, 6.07) is 0. The van der Waals surface area contributed by atoms with Gasteiger partial charge in [-0.15, -0.1) is 0 Å². The van der Waals surface area contributed by atoms with Gasteiger partial charge in [0.1, 0.15) is 19.3 Å². The number of ether oxygens (including phenoxy) is 4. The fourth-order valence-corrected chi connectivity index (χ4v) is 12.1. The van der Waals surface area contributed by atoms with Crippen LogP contribution >= 0.6 is 15.6 Å². The second-order valence-electron chi connectivity index (χ2n) is 26.6. The zero-order valence-electron chi connectivity index (χ0n) is 65.2. The molecule has 0 aliphatic rings. The van der Waals surface area contributed by atoms with Gasteiger partial charge in [0, 0.05) is 25.7 Å². The average molecular weight is 1500 g/mol. The van der Waals surface area contributed by atoms with E-state index in [4.69, 9.17) is 37.0 Å². The molecule has 596 valence electrons. The van der Waals surface area contributed by atoms with Gasteiger partial charge in [-0.25, -0.2) is 9.13 Å². The second kappa shape index (κ2) is 76.4. The van der Waals surface area contributed by atoms with Crippen molar-refractivity contribution in [1.29, 1.82) is 0 Å². The van der Waals surface area contributed by atoms with E-state index in [0.717, 1.165) is 167 Å². The first kappa shape index (κ1) is 99.2. The van der Waals surface area contributed by atoms with E-state index >= 15 is 0 Å².